The Morgan fingerprint density at radius 2 is 0.846 bits per heavy atom. The van der Waals surface area contributed by atoms with E-state index in [2.05, 4.69) is 34.9 Å². The number of hydrogen-bond donors (Lipinski definition) is 2. The number of benzene rings is 4. The van der Waals surface area contributed by atoms with Crippen LogP contribution in [-0.2, 0) is 28.5 Å². The van der Waals surface area contributed by atoms with Gasteiger partial charge in [0.05, 0.1) is 14.2 Å². The quantitative estimate of drug-likeness (QED) is 0.0554. The number of fused-ring (bicyclic) bond motifs is 6. The lowest BCUT2D eigenvalue weighted by Gasteiger charge is -2.19. The summed E-state index contributed by atoms with van der Waals surface area (Å²) in [6.07, 6.45) is -0.801. The van der Waals surface area contributed by atoms with Crippen LogP contribution in [0.4, 0.5) is 9.59 Å². The third-order valence-corrected chi connectivity index (χ3v) is 11.8. The zero-order valence-corrected chi connectivity index (χ0v) is 30.5. The summed E-state index contributed by atoms with van der Waals surface area (Å²) in [7, 11) is 5.48. The second kappa shape index (κ2) is 17.5. The van der Waals surface area contributed by atoms with E-state index < -0.39 is 36.2 Å². The Hall–Kier alpha value is -4.94. The molecule has 0 heterocycles. The van der Waals surface area contributed by atoms with Crippen LogP contribution in [0.25, 0.3) is 22.3 Å². The number of nitrogens with one attached hydrogen (secondary N) is 2. The lowest BCUT2D eigenvalue weighted by atomic mass is 9.98. The van der Waals surface area contributed by atoms with Crippen LogP contribution in [0.15, 0.2) is 97.1 Å². The highest BCUT2D eigenvalue weighted by molar-refractivity contribution is 8.76. The van der Waals surface area contributed by atoms with E-state index in [1.165, 1.54) is 35.8 Å². The third-order valence-electron chi connectivity index (χ3n) is 9.31. The predicted octanol–water partition coefficient (Wildman–Crippen LogP) is 7.31. The van der Waals surface area contributed by atoms with Gasteiger partial charge in [-0.3, -0.25) is 0 Å². The molecule has 0 saturated heterocycles. The maximum absolute atomic E-state index is 12.8. The van der Waals surface area contributed by atoms with Crippen molar-refractivity contribution in [1.82, 2.24) is 10.6 Å². The summed E-state index contributed by atoms with van der Waals surface area (Å²) < 4.78 is 21.1. The molecule has 0 unspecified atom stereocenters. The molecule has 0 aromatic heterocycles. The fourth-order valence-corrected chi connectivity index (χ4v) is 8.98. The highest BCUT2D eigenvalue weighted by Gasteiger charge is 2.31. The first kappa shape index (κ1) is 36.8. The minimum atomic E-state index is -0.896. The van der Waals surface area contributed by atoms with Gasteiger partial charge in [0.2, 0.25) is 0 Å². The van der Waals surface area contributed by atoms with Crippen molar-refractivity contribution in [2.45, 2.75) is 36.8 Å². The third kappa shape index (κ3) is 8.40. The summed E-state index contributed by atoms with van der Waals surface area (Å²) in [5.41, 5.74) is 8.88. The van der Waals surface area contributed by atoms with Crippen LogP contribution in [-0.4, -0.2) is 75.1 Å². The van der Waals surface area contributed by atoms with Crippen LogP contribution in [0.3, 0.4) is 0 Å². The highest BCUT2D eigenvalue weighted by atomic mass is 33.1. The van der Waals surface area contributed by atoms with Crippen molar-refractivity contribution < 1.29 is 38.1 Å². The molecule has 4 aromatic rings. The molecule has 0 spiro atoms. The number of carbonyl (C=O) groups is 4. The van der Waals surface area contributed by atoms with Gasteiger partial charge in [-0.2, -0.15) is 0 Å². The molecule has 4 aromatic carbocycles. The van der Waals surface area contributed by atoms with Crippen LogP contribution in [0.2, 0.25) is 0 Å². The van der Waals surface area contributed by atoms with Crippen LogP contribution < -0.4 is 10.6 Å². The molecule has 6 rings (SSSR count). The van der Waals surface area contributed by atoms with Gasteiger partial charge in [0.1, 0.15) is 25.3 Å². The Labute approximate surface area is 310 Å². The van der Waals surface area contributed by atoms with Crippen LogP contribution in [0, 0.1) is 0 Å². The van der Waals surface area contributed by atoms with E-state index in [0.717, 1.165) is 44.5 Å². The molecule has 0 fully saturated rings. The van der Waals surface area contributed by atoms with Crippen molar-refractivity contribution in [1.29, 1.82) is 0 Å². The van der Waals surface area contributed by atoms with Crippen LogP contribution in [0.1, 0.15) is 46.9 Å². The topological polar surface area (TPSA) is 129 Å². The van der Waals surface area contributed by atoms with Gasteiger partial charge in [0, 0.05) is 23.3 Å². The van der Waals surface area contributed by atoms with Gasteiger partial charge in [0.15, 0.2) is 0 Å². The Morgan fingerprint density at radius 1 is 0.538 bits per heavy atom. The van der Waals surface area contributed by atoms with Gasteiger partial charge in [0.25, 0.3) is 0 Å². The summed E-state index contributed by atoms with van der Waals surface area (Å²) in [6.45, 7) is 0.258. The molecular weight excluding hydrogens is 701 g/mol. The minimum absolute atomic E-state index is 0.103. The molecule has 10 nitrogen and oxygen atoms in total. The minimum Gasteiger partial charge on any atom is -0.467 e. The first-order valence-electron chi connectivity index (χ1n) is 17.0. The number of ether oxygens (including phenoxy) is 4. The highest BCUT2D eigenvalue weighted by Crippen LogP contribution is 2.45. The van der Waals surface area contributed by atoms with Gasteiger partial charge in [-0.15, -0.1) is 0 Å². The molecule has 2 amide bonds. The maximum atomic E-state index is 12.8. The Kier molecular flexibility index (Phi) is 12.4. The van der Waals surface area contributed by atoms with E-state index >= 15 is 0 Å². The second-order valence-corrected chi connectivity index (χ2v) is 15.0. The van der Waals surface area contributed by atoms with Gasteiger partial charge >= 0.3 is 24.1 Å². The van der Waals surface area contributed by atoms with E-state index in [9.17, 15) is 19.2 Å². The maximum Gasteiger partial charge on any atom is 0.407 e. The van der Waals surface area contributed by atoms with E-state index in [-0.39, 0.29) is 25.0 Å². The van der Waals surface area contributed by atoms with Crippen LogP contribution >= 0.6 is 21.6 Å². The molecule has 52 heavy (non-hydrogen) atoms. The van der Waals surface area contributed by atoms with Gasteiger partial charge in [-0.05, 0) is 57.3 Å². The molecular formula is C40H40N2O8S2. The molecule has 2 aliphatic rings. The van der Waals surface area contributed by atoms with Crippen molar-refractivity contribution >= 4 is 45.7 Å². The Bertz CT molecular complexity index is 1690. The molecule has 2 atom stereocenters. The summed E-state index contributed by atoms with van der Waals surface area (Å²) in [5.74, 6) is -0.356. The number of carbonyl (C=O) groups excluding carboxylic acids is 4. The van der Waals surface area contributed by atoms with E-state index in [1.807, 2.05) is 72.8 Å². The number of hydrogen-bond acceptors (Lipinski definition) is 10. The monoisotopic (exact) mass is 740 g/mol. The van der Waals surface area contributed by atoms with Gasteiger partial charge in [-0.25, -0.2) is 19.2 Å². The molecule has 270 valence electrons. The normalized spacial score (nSPS) is 13.8. The molecule has 0 bridgehead atoms. The summed E-state index contributed by atoms with van der Waals surface area (Å²) in [6, 6.07) is 30.5. The first-order chi connectivity index (χ1) is 25.4. The number of amides is 2. The van der Waals surface area contributed by atoms with Crippen LogP contribution in [0.5, 0.6) is 0 Å². The molecule has 2 N–H and O–H groups in total. The standard InChI is InChI=1S/C40H40N2O8S2/c1-47-37(43)35(41-39(45)49-23-33-29-15-7-3-11-25(29)26-12-4-8-16-30(26)33)19-21-51-52-22-20-36(38(44)48-2)42-40(46)50-24-34-31-17-9-5-13-27(31)28-14-6-10-18-32(28)34/h3-18,33-36H,19-24H2,1-2H3,(H,41,45)(H,42,46)/t35-,36-/m0/s1. The largest absolute Gasteiger partial charge is 0.467 e. The lowest BCUT2D eigenvalue weighted by molar-refractivity contribution is -0.143. The molecule has 0 aliphatic heterocycles. The molecule has 0 saturated carbocycles. The average Bonchev–Trinajstić information content (AvgIpc) is 3.68. The smallest absolute Gasteiger partial charge is 0.407 e. The number of methoxy groups -OCH3 is 2. The fourth-order valence-electron chi connectivity index (χ4n) is 6.80. The zero-order valence-electron chi connectivity index (χ0n) is 28.9. The average molecular weight is 741 g/mol. The van der Waals surface area contributed by atoms with Crippen molar-refractivity contribution in [3.63, 3.8) is 0 Å². The van der Waals surface area contributed by atoms with E-state index in [1.54, 1.807) is 0 Å². The van der Waals surface area contributed by atoms with E-state index in [0.29, 0.717) is 24.3 Å². The summed E-state index contributed by atoms with van der Waals surface area (Å²) in [5, 5.41) is 5.31. The summed E-state index contributed by atoms with van der Waals surface area (Å²) >= 11 is 0. The second-order valence-electron chi connectivity index (χ2n) is 12.3. The van der Waals surface area contributed by atoms with Gasteiger partial charge in [-0.1, -0.05) is 119 Å². The molecule has 2 aliphatic carbocycles. The van der Waals surface area contributed by atoms with Gasteiger partial charge < -0.3 is 29.6 Å². The zero-order chi connectivity index (χ0) is 36.5. The Balaban J connectivity index is 0.931. The Morgan fingerprint density at radius 3 is 1.15 bits per heavy atom. The number of esters is 2. The molecule has 12 heteroatoms. The lowest BCUT2D eigenvalue weighted by Crippen LogP contribution is -2.42. The number of rotatable bonds is 15. The first-order valence-corrected chi connectivity index (χ1v) is 19.5. The van der Waals surface area contributed by atoms with E-state index in [4.69, 9.17) is 18.9 Å². The van der Waals surface area contributed by atoms with Crippen molar-refractivity contribution in [3.05, 3.63) is 119 Å². The van der Waals surface area contributed by atoms with Crippen molar-refractivity contribution in [2.24, 2.45) is 0 Å². The SMILES string of the molecule is COC(=O)[C@H](CCSSCC[C@H](NC(=O)OCC1c2ccccc2-c2ccccc21)C(=O)OC)NC(=O)OCC1c2ccccc2-c2ccccc21. The van der Waals surface area contributed by atoms with Crippen molar-refractivity contribution in [2.75, 3.05) is 38.9 Å². The predicted molar refractivity (Wildman–Crippen MR) is 202 cm³/mol. The fraction of sp³-hybridized carbons (Fsp3) is 0.300. The number of alkyl carbamates (subject to hydrolysis) is 2. The molecule has 0 radical (unpaired) electrons. The summed E-state index contributed by atoms with van der Waals surface area (Å²) in [4.78, 5) is 50.7. The van der Waals surface area contributed by atoms with Crippen molar-refractivity contribution in [3.8, 4) is 22.3 Å².